The Balaban J connectivity index is 2.74. The van der Waals surface area contributed by atoms with Crippen molar-refractivity contribution in [2.75, 3.05) is 0 Å². The molecule has 8 heteroatoms. The molecule has 0 nitrogen and oxygen atoms in total. The molecule has 0 atom stereocenters. The average molecular weight is 353 g/mol. The van der Waals surface area contributed by atoms with Gasteiger partial charge in [-0.15, -0.1) is 55.1 Å². The van der Waals surface area contributed by atoms with Crippen molar-refractivity contribution in [1.29, 1.82) is 0 Å². The highest BCUT2D eigenvalue weighted by Gasteiger charge is 2.06. The van der Waals surface area contributed by atoms with Crippen molar-refractivity contribution in [3.05, 3.63) is 6.28 Å². The summed E-state index contributed by atoms with van der Waals surface area (Å²) in [4.78, 5) is 1.74. The second kappa shape index (κ2) is 4.13. The van der Waals surface area contributed by atoms with Crippen molar-refractivity contribution in [2.45, 2.75) is 9.79 Å². The van der Waals surface area contributed by atoms with Crippen LogP contribution < -0.4 is 0 Å². The molecule has 2 heterocycles. The minimum absolute atomic E-state index is 0.869. The van der Waals surface area contributed by atoms with Crippen LogP contribution in [0, 0.1) is 6.28 Å². The van der Waals surface area contributed by atoms with E-state index in [-0.39, 0.29) is 0 Å². The van der Waals surface area contributed by atoms with Gasteiger partial charge in [0.1, 0.15) is 6.28 Å². The second-order valence-corrected chi connectivity index (χ2v) is 10.1. The molecule has 0 saturated carbocycles. The minimum Gasteiger partial charge on any atom is -0.777 e. The van der Waals surface area contributed by atoms with E-state index in [2.05, 4.69) is 0 Å². The van der Waals surface area contributed by atoms with Gasteiger partial charge in [-0.3, -0.25) is 0 Å². The van der Waals surface area contributed by atoms with E-state index in [1.54, 1.807) is 45.3 Å². The Morgan fingerprint density at radius 2 is 0.875 bits per heavy atom. The predicted octanol–water partition coefficient (Wildman–Crippen LogP) is 5.51. The third-order valence-electron chi connectivity index (χ3n) is 1.98. The van der Waals surface area contributed by atoms with E-state index in [9.17, 15) is 0 Å². The molecule has 1 aromatic carbocycles. The van der Waals surface area contributed by atoms with Crippen molar-refractivity contribution in [2.24, 2.45) is 0 Å². The van der Waals surface area contributed by atoms with Crippen LogP contribution in [-0.2, 0) is 25.3 Å². The SMILES string of the molecule is S=c1sc2c([S-])c3sc(=S)sc3c([S-])c2s1. The van der Waals surface area contributed by atoms with Gasteiger partial charge in [0.25, 0.3) is 0 Å². The molecule has 0 amide bonds. The number of hydrogen-bond donors (Lipinski definition) is 0. The standard InChI is InChI=1S/C8H2S8/c9-1-3-5(15-7(11)13-3)2(10)6-4(1)14-8(12)16-6/h9-10H/p-2. The zero-order chi connectivity index (χ0) is 11.4. The van der Waals surface area contributed by atoms with Crippen LogP contribution in [-0.4, -0.2) is 0 Å². The van der Waals surface area contributed by atoms with Gasteiger partial charge in [0.2, 0.25) is 0 Å². The highest BCUT2D eigenvalue weighted by atomic mass is 32.2. The molecule has 0 radical (unpaired) electrons. The number of fused-ring (bicyclic) bond motifs is 2. The van der Waals surface area contributed by atoms with Crippen LogP contribution in [0.1, 0.15) is 0 Å². The first-order valence-corrected chi connectivity index (χ1v) is 8.85. The van der Waals surface area contributed by atoms with Crippen LogP contribution in [0.15, 0.2) is 9.79 Å². The first-order chi connectivity index (χ1) is 7.58. The van der Waals surface area contributed by atoms with E-state index in [4.69, 9.17) is 49.7 Å². The van der Waals surface area contributed by atoms with E-state index < -0.39 is 0 Å². The van der Waals surface area contributed by atoms with E-state index in [1.165, 1.54) is 0 Å². The van der Waals surface area contributed by atoms with Gasteiger partial charge in [0.05, 0.1) is 0 Å². The van der Waals surface area contributed by atoms with Crippen LogP contribution in [0.4, 0.5) is 0 Å². The van der Waals surface area contributed by atoms with E-state index in [0.717, 1.165) is 34.9 Å². The van der Waals surface area contributed by atoms with Gasteiger partial charge in [-0.05, 0) is 0 Å². The van der Waals surface area contributed by atoms with Gasteiger partial charge in [-0.2, -0.15) is 0 Å². The quantitative estimate of drug-likeness (QED) is 0.386. The normalized spacial score (nSPS) is 11.5. The molecule has 2 aromatic heterocycles. The van der Waals surface area contributed by atoms with Crippen LogP contribution in [0.5, 0.6) is 0 Å². The highest BCUT2D eigenvalue weighted by molar-refractivity contribution is 7.78. The topological polar surface area (TPSA) is 0 Å². The lowest BCUT2D eigenvalue weighted by molar-refractivity contribution is 1.71. The van der Waals surface area contributed by atoms with Crippen LogP contribution in [0.25, 0.3) is 18.8 Å². The lowest BCUT2D eigenvalue weighted by Gasteiger charge is -2.15. The maximum atomic E-state index is 5.48. The van der Waals surface area contributed by atoms with Crippen molar-refractivity contribution < 1.29 is 0 Å². The summed E-state index contributed by atoms with van der Waals surface area (Å²) in [5.41, 5.74) is 0. The first-order valence-electron chi connectivity index (χ1n) is 3.95. The molecule has 0 spiro atoms. The van der Waals surface area contributed by atoms with E-state index >= 15 is 0 Å². The number of benzene rings is 1. The van der Waals surface area contributed by atoms with Gasteiger partial charge in [0.15, 0.2) is 0 Å². The fourth-order valence-electron chi connectivity index (χ4n) is 1.36. The predicted molar refractivity (Wildman–Crippen MR) is 85.9 cm³/mol. The van der Waals surface area contributed by atoms with Gasteiger partial charge in [0, 0.05) is 18.8 Å². The molecule has 82 valence electrons. The van der Waals surface area contributed by atoms with Crippen molar-refractivity contribution in [3.8, 4) is 0 Å². The van der Waals surface area contributed by atoms with Crippen molar-refractivity contribution in [3.63, 3.8) is 0 Å². The summed E-state index contributed by atoms with van der Waals surface area (Å²) < 4.78 is 6.01. The lowest BCUT2D eigenvalue weighted by atomic mass is 10.3. The fraction of sp³-hybridized carbons (Fsp3) is 0. The summed E-state index contributed by atoms with van der Waals surface area (Å²) in [6, 6.07) is 0. The Morgan fingerprint density at radius 1 is 0.625 bits per heavy atom. The van der Waals surface area contributed by atoms with Crippen molar-refractivity contribution >= 4 is 114 Å². The van der Waals surface area contributed by atoms with Crippen LogP contribution >= 0.6 is 69.8 Å². The van der Waals surface area contributed by atoms with Gasteiger partial charge in [-0.1, -0.05) is 24.4 Å². The maximum absolute atomic E-state index is 5.48. The number of hydrogen-bond acceptors (Lipinski definition) is 8. The molecule has 0 bridgehead atoms. The van der Waals surface area contributed by atoms with Crippen LogP contribution in [0.3, 0.4) is 0 Å². The minimum atomic E-state index is 0.869. The Hall–Kier alpha value is 0.720. The summed E-state index contributed by atoms with van der Waals surface area (Å²) >= 11 is 27.6. The largest absolute Gasteiger partial charge is 0.777 e. The third-order valence-corrected chi connectivity index (χ3v) is 8.69. The molecule has 0 aliphatic rings. The monoisotopic (exact) mass is 352 g/mol. The molecule has 16 heavy (non-hydrogen) atoms. The van der Waals surface area contributed by atoms with Crippen LogP contribution in [0.2, 0.25) is 0 Å². The van der Waals surface area contributed by atoms with Crippen molar-refractivity contribution in [1.82, 2.24) is 0 Å². The molecule has 0 aliphatic heterocycles. The van der Waals surface area contributed by atoms with Gasteiger partial charge in [-0.25, -0.2) is 0 Å². The molecule has 3 aromatic rings. The molecule has 0 fully saturated rings. The summed E-state index contributed by atoms with van der Waals surface area (Å²) in [7, 11) is 0. The Bertz CT molecular complexity index is 681. The Kier molecular flexibility index (Phi) is 3.04. The van der Waals surface area contributed by atoms with E-state index in [1.807, 2.05) is 0 Å². The molecule has 3 rings (SSSR count). The Labute approximate surface area is 128 Å². The summed E-state index contributed by atoms with van der Waals surface area (Å²) in [6.45, 7) is 0. The first kappa shape index (κ1) is 11.8. The second-order valence-electron chi connectivity index (χ2n) is 2.88. The molecule has 0 aliphatic carbocycles. The zero-order valence-electron chi connectivity index (χ0n) is 7.27. The third kappa shape index (κ3) is 1.67. The Morgan fingerprint density at radius 3 is 1.12 bits per heavy atom. The highest BCUT2D eigenvalue weighted by Crippen LogP contribution is 2.43. The maximum Gasteiger partial charge on any atom is 0.144 e. The lowest BCUT2D eigenvalue weighted by Crippen LogP contribution is -1.76. The smallest absolute Gasteiger partial charge is 0.144 e. The molecular weight excluding hydrogens is 353 g/mol. The zero-order valence-corrected chi connectivity index (χ0v) is 13.8. The summed E-state index contributed by atoms with van der Waals surface area (Å²) in [6.07, 6.45) is 0. The number of rotatable bonds is 0. The van der Waals surface area contributed by atoms with Gasteiger partial charge >= 0.3 is 0 Å². The summed E-state index contributed by atoms with van der Waals surface area (Å²) in [5, 5.41) is 0. The molecular formula is C8S8-2. The average Bonchev–Trinajstić information content (AvgIpc) is 2.78. The summed E-state index contributed by atoms with van der Waals surface area (Å²) in [5.74, 6) is 0. The van der Waals surface area contributed by atoms with Gasteiger partial charge < -0.3 is 25.3 Å². The van der Waals surface area contributed by atoms with E-state index in [0.29, 0.717) is 0 Å². The molecule has 0 N–H and O–H groups in total. The molecule has 0 unspecified atom stereocenters. The fourth-order valence-corrected chi connectivity index (χ4v) is 7.72. The molecule has 0 saturated heterocycles.